The Bertz CT molecular complexity index is 3580. The van der Waals surface area contributed by atoms with Gasteiger partial charge in [-0.15, -0.1) is 59.7 Å². The Hall–Kier alpha value is -6.79. The molecule has 0 amide bonds. The molecule has 9 aromatic carbocycles. The van der Waals surface area contributed by atoms with Gasteiger partial charge in [-0.2, -0.15) is 11.3 Å². The number of thiophene rings is 1. The average Bonchev–Trinajstić information content (AvgIpc) is 3.91. The Morgan fingerprint density at radius 3 is 1.91 bits per heavy atom. The Morgan fingerprint density at radius 1 is 0.523 bits per heavy atom. The van der Waals surface area contributed by atoms with Crippen molar-refractivity contribution in [3.05, 3.63) is 219 Å². The van der Waals surface area contributed by atoms with E-state index in [1.165, 1.54) is 46.9 Å². The molecule has 3 aromatic heterocycles. The van der Waals surface area contributed by atoms with Crippen molar-refractivity contribution < 1.29 is 20.1 Å². The molecule has 0 N–H and O–H groups in total. The molecule has 0 saturated heterocycles. The van der Waals surface area contributed by atoms with E-state index in [2.05, 4.69) is 217 Å². The van der Waals surface area contributed by atoms with E-state index in [0.717, 1.165) is 61.6 Å². The molecular formula is C59H43IrN3SSi-2. The summed E-state index contributed by atoms with van der Waals surface area (Å²) in [6, 6.07) is 77.9. The SMILES string of the molecule is C[Si](C)(C)c1ccc(-c2[c-]cccc2)nc1.[Ir].[c-]1cc2sc3cc4ccc5ccccc5c4cc3c2cc1-c1nc2ccccc2n1-c1c(-c2ccccc2)cccc1-c1ccccc1. The minimum Gasteiger partial charge on any atom is -0.332 e. The van der Waals surface area contributed by atoms with E-state index in [1.54, 1.807) is 0 Å². The summed E-state index contributed by atoms with van der Waals surface area (Å²) in [6.45, 7) is 7.00. The summed E-state index contributed by atoms with van der Waals surface area (Å²) in [7, 11) is -1.23. The molecular weight excluding hydrogens is 1000 g/mol. The summed E-state index contributed by atoms with van der Waals surface area (Å²) >= 11 is 1.83. The van der Waals surface area contributed by atoms with Crippen LogP contribution in [0.25, 0.3) is 103 Å². The van der Waals surface area contributed by atoms with Crippen molar-refractivity contribution in [1.82, 2.24) is 14.5 Å². The summed E-state index contributed by atoms with van der Waals surface area (Å²) in [5.41, 5.74) is 10.8. The number of rotatable bonds is 6. The number of pyridine rings is 1. The molecule has 0 spiro atoms. The molecule has 6 heteroatoms. The smallest absolute Gasteiger partial charge is 0.0795 e. The summed E-state index contributed by atoms with van der Waals surface area (Å²) in [5.74, 6) is 0.879. The minimum absolute atomic E-state index is 0. The third kappa shape index (κ3) is 8.05. The monoisotopic (exact) mass is 1050 g/mol. The van der Waals surface area contributed by atoms with Crippen molar-refractivity contribution >= 4 is 77.3 Å². The first-order valence-electron chi connectivity index (χ1n) is 21.7. The maximum Gasteiger partial charge on any atom is 0.0795 e. The first-order chi connectivity index (χ1) is 31.4. The van der Waals surface area contributed by atoms with Gasteiger partial charge in [0, 0.05) is 42.1 Å². The topological polar surface area (TPSA) is 30.7 Å². The number of imidazole rings is 1. The molecule has 0 aliphatic rings. The van der Waals surface area contributed by atoms with Crippen LogP contribution in [-0.2, 0) is 20.1 Å². The third-order valence-corrected chi connectivity index (χ3v) is 15.3. The van der Waals surface area contributed by atoms with Crippen molar-refractivity contribution in [1.29, 1.82) is 0 Å². The standard InChI is InChI=1S/C45H27N2S.C14H16NSi.Ir/c1-3-12-29(13-4-1)35-18-11-19-36(30-14-5-2-6-15-30)44(35)47-41-21-10-9-20-40(41)46-45(47)33-24-25-42-38(26-33)39-28-37-32(27-43(39)48-42)23-22-31-16-7-8-17-34(31)37;1-16(2,3)13-9-10-14(15-11-13)12-7-5-4-6-8-12;/h1-23,25-28H;4-7,9-11H,1-3H3;/q2*-1;. The molecule has 0 bridgehead atoms. The van der Waals surface area contributed by atoms with E-state index in [4.69, 9.17) is 4.98 Å². The van der Waals surface area contributed by atoms with Gasteiger partial charge in [0.15, 0.2) is 0 Å². The maximum absolute atomic E-state index is 5.33. The molecule has 0 fully saturated rings. The molecule has 0 aliphatic heterocycles. The van der Waals surface area contributed by atoms with Crippen molar-refractivity contribution in [2.24, 2.45) is 0 Å². The molecule has 0 aliphatic carbocycles. The van der Waals surface area contributed by atoms with E-state index < -0.39 is 8.07 Å². The zero-order valence-electron chi connectivity index (χ0n) is 36.2. The van der Waals surface area contributed by atoms with Crippen LogP contribution in [0, 0.1) is 12.1 Å². The van der Waals surface area contributed by atoms with Gasteiger partial charge in [0.05, 0.1) is 30.6 Å². The fourth-order valence-electron chi connectivity index (χ4n) is 8.82. The largest absolute Gasteiger partial charge is 0.332 e. The number of nitrogens with zero attached hydrogens (tertiary/aromatic N) is 3. The molecule has 12 aromatic rings. The van der Waals surface area contributed by atoms with Gasteiger partial charge in [-0.05, 0) is 77.9 Å². The van der Waals surface area contributed by atoms with E-state index in [1.807, 2.05) is 41.8 Å². The molecule has 1 radical (unpaired) electrons. The van der Waals surface area contributed by atoms with Crippen LogP contribution >= 0.6 is 11.3 Å². The average molecular weight is 1050 g/mol. The fourth-order valence-corrected chi connectivity index (χ4v) is 11.0. The van der Waals surface area contributed by atoms with Crippen LogP contribution in [0.1, 0.15) is 0 Å². The quantitative estimate of drug-likeness (QED) is 0.0944. The van der Waals surface area contributed by atoms with Crippen LogP contribution < -0.4 is 5.19 Å². The predicted octanol–water partition coefficient (Wildman–Crippen LogP) is 15.6. The summed E-state index contributed by atoms with van der Waals surface area (Å²) in [5, 5.41) is 9.00. The molecule has 65 heavy (non-hydrogen) atoms. The first kappa shape index (κ1) is 42.2. The number of benzene rings is 9. The molecule has 0 atom stereocenters. The Kier molecular flexibility index (Phi) is 11.4. The number of para-hydroxylation sites is 3. The van der Waals surface area contributed by atoms with E-state index in [0.29, 0.717) is 0 Å². The Balaban J connectivity index is 0.000000249. The van der Waals surface area contributed by atoms with Crippen LogP contribution in [0.2, 0.25) is 19.6 Å². The molecule has 3 nitrogen and oxygen atoms in total. The van der Waals surface area contributed by atoms with Gasteiger partial charge < -0.3 is 9.55 Å². The Labute approximate surface area is 398 Å². The van der Waals surface area contributed by atoms with Crippen LogP contribution in [0.3, 0.4) is 0 Å². The van der Waals surface area contributed by atoms with Crippen LogP contribution in [0.4, 0.5) is 0 Å². The fraction of sp³-hybridized carbons (Fsp3) is 0.0508. The number of fused-ring (bicyclic) bond motifs is 7. The minimum atomic E-state index is -1.23. The van der Waals surface area contributed by atoms with E-state index in [9.17, 15) is 0 Å². The molecule has 0 unspecified atom stereocenters. The van der Waals surface area contributed by atoms with Crippen LogP contribution in [0.5, 0.6) is 0 Å². The first-order valence-corrected chi connectivity index (χ1v) is 26.0. The van der Waals surface area contributed by atoms with Gasteiger partial charge in [-0.25, -0.2) is 0 Å². The summed E-state index contributed by atoms with van der Waals surface area (Å²) in [4.78, 5) is 9.84. The molecule has 0 saturated carbocycles. The van der Waals surface area contributed by atoms with Crippen molar-refractivity contribution in [2.45, 2.75) is 19.6 Å². The molecule has 315 valence electrons. The molecule has 3 heterocycles. The van der Waals surface area contributed by atoms with Gasteiger partial charge in [-0.1, -0.05) is 165 Å². The van der Waals surface area contributed by atoms with Gasteiger partial charge in [-0.3, -0.25) is 4.98 Å². The summed E-state index contributed by atoms with van der Waals surface area (Å²) in [6.07, 6.45) is 2.02. The zero-order valence-corrected chi connectivity index (χ0v) is 40.4. The number of aromatic nitrogens is 3. The van der Waals surface area contributed by atoms with Crippen LogP contribution in [-0.4, -0.2) is 22.6 Å². The number of hydrogen-bond acceptors (Lipinski definition) is 3. The van der Waals surface area contributed by atoms with Gasteiger partial charge in [0.25, 0.3) is 0 Å². The maximum atomic E-state index is 5.33. The van der Waals surface area contributed by atoms with Crippen LogP contribution in [0.15, 0.2) is 206 Å². The molecule has 12 rings (SSSR count). The van der Waals surface area contributed by atoms with E-state index in [-0.39, 0.29) is 20.1 Å². The third-order valence-electron chi connectivity index (χ3n) is 12.1. The van der Waals surface area contributed by atoms with E-state index >= 15 is 0 Å². The van der Waals surface area contributed by atoms with Gasteiger partial charge >= 0.3 is 0 Å². The normalized spacial score (nSPS) is 11.5. The number of hydrogen-bond donors (Lipinski definition) is 0. The second kappa shape index (κ2) is 17.6. The Morgan fingerprint density at radius 2 is 1.20 bits per heavy atom. The second-order valence-electron chi connectivity index (χ2n) is 17.2. The van der Waals surface area contributed by atoms with Gasteiger partial charge in [0.1, 0.15) is 0 Å². The van der Waals surface area contributed by atoms with Crippen molar-refractivity contribution in [3.8, 4) is 50.6 Å². The second-order valence-corrected chi connectivity index (χ2v) is 23.4. The predicted molar refractivity (Wildman–Crippen MR) is 276 cm³/mol. The summed E-state index contributed by atoms with van der Waals surface area (Å²) < 4.78 is 4.87. The van der Waals surface area contributed by atoms with Crippen molar-refractivity contribution in [2.75, 3.05) is 0 Å². The van der Waals surface area contributed by atoms with Crippen molar-refractivity contribution in [3.63, 3.8) is 0 Å². The van der Waals surface area contributed by atoms with Gasteiger partial charge in [0.2, 0.25) is 0 Å². The zero-order chi connectivity index (χ0) is 43.2.